The van der Waals surface area contributed by atoms with Crippen molar-refractivity contribution >= 4 is 5.91 Å². The van der Waals surface area contributed by atoms with Crippen LogP contribution >= 0.6 is 0 Å². The lowest BCUT2D eigenvalue weighted by Crippen LogP contribution is -2.32. The van der Waals surface area contributed by atoms with E-state index in [2.05, 4.69) is 26.8 Å². The van der Waals surface area contributed by atoms with Gasteiger partial charge in [-0.2, -0.15) is 0 Å². The Morgan fingerprint density at radius 1 is 1.28 bits per heavy atom. The van der Waals surface area contributed by atoms with E-state index >= 15 is 0 Å². The summed E-state index contributed by atoms with van der Waals surface area (Å²) in [7, 11) is 3.34. The van der Waals surface area contributed by atoms with Gasteiger partial charge in [-0.3, -0.25) is 4.79 Å². The number of aliphatic hydroxyl groups excluding tert-OH is 1. The number of rotatable bonds is 8. The smallest absolute Gasteiger partial charge is 0.248 e. The predicted molar refractivity (Wildman–Crippen MR) is 116 cm³/mol. The molecule has 1 N–H and O–H groups in total. The van der Waals surface area contributed by atoms with Gasteiger partial charge in [-0.05, 0) is 49.8 Å². The molecule has 2 rings (SSSR count). The maximum Gasteiger partial charge on any atom is 0.248 e. The van der Waals surface area contributed by atoms with Gasteiger partial charge in [-0.15, -0.1) is 0 Å². The average Bonchev–Trinajstić information content (AvgIpc) is 3.09. The molecule has 6 heteroatoms. The molecule has 1 aliphatic rings. The van der Waals surface area contributed by atoms with E-state index in [1.165, 1.54) is 0 Å². The Morgan fingerprint density at radius 3 is 2.41 bits per heavy atom. The molecule has 1 amide bonds. The Bertz CT molecular complexity index is 634. The largest absolute Gasteiger partial charge is 0.493 e. The molecular weight excluding hydrogens is 370 g/mol. The van der Waals surface area contributed by atoms with E-state index in [1.54, 1.807) is 19.1 Å². The summed E-state index contributed by atoms with van der Waals surface area (Å²) in [5.41, 5.74) is 1.14. The van der Waals surface area contributed by atoms with Gasteiger partial charge in [0.25, 0.3) is 0 Å². The van der Waals surface area contributed by atoms with E-state index in [9.17, 15) is 9.90 Å². The molecule has 1 aromatic rings. The summed E-state index contributed by atoms with van der Waals surface area (Å²) in [5, 5.41) is 9.18. The summed E-state index contributed by atoms with van der Waals surface area (Å²) in [4.78, 5) is 13.7. The molecule has 0 aliphatic carbocycles. The van der Waals surface area contributed by atoms with Crippen molar-refractivity contribution in [1.82, 2.24) is 4.90 Å². The molecular formula is C23H39NO5. The molecule has 1 heterocycles. The van der Waals surface area contributed by atoms with Crippen LogP contribution in [0.15, 0.2) is 18.2 Å². The zero-order valence-corrected chi connectivity index (χ0v) is 19.2. The number of aliphatic hydroxyl groups is 1. The fraction of sp³-hybridized carbons (Fsp3) is 0.696. The van der Waals surface area contributed by atoms with Gasteiger partial charge in [0, 0.05) is 26.1 Å². The second-order valence-electron chi connectivity index (χ2n) is 8.04. The van der Waals surface area contributed by atoms with E-state index < -0.39 is 6.61 Å². The molecule has 1 saturated heterocycles. The lowest BCUT2D eigenvalue weighted by Gasteiger charge is -2.29. The molecule has 0 bridgehead atoms. The van der Waals surface area contributed by atoms with Gasteiger partial charge >= 0.3 is 0 Å². The number of nitrogens with zero attached hydrogens (tertiary/aromatic N) is 1. The molecule has 0 radical (unpaired) electrons. The van der Waals surface area contributed by atoms with E-state index in [1.807, 2.05) is 26.0 Å². The van der Waals surface area contributed by atoms with Crippen LogP contribution < -0.4 is 9.47 Å². The van der Waals surface area contributed by atoms with Crippen LogP contribution in [0.1, 0.15) is 58.9 Å². The standard InChI is InChI=1S/C19H29NO4.C4H10O/c1-5-9-24-17-10-14(7-8-16(17)23-4)15-11-20(18(22)12-21)13-19(15,3)6-2;1-4(2)5-3/h7-8,10,15,21H,5-6,9,11-13H2,1-4H3;4H,1-3H3. The minimum Gasteiger partial charge on any atom is -0.493 e. The van der Waals surface area contributed by atoms with Crippen molar-refractivity contribution in [3.63, 3.8) is 0 Å². The topological polar surface area (TPSA) is 68.2 Å². The zero-order chi connectivity index (χ0) is 22.0. The Labute approximate surface area is 176 Å². The average molecular weight is 410 g/mol. The van der Waals surface area contributed by atoms with Gasteiger partial charge in [0.15, 0.2) is 11.5 Å². The normalized spacial score (nSPS) is 21.0. The number of carbonyl (C=O) groups excluding carboxylic acids is 1. The minimum atomic E-state index is -0.431. The van der Waals surface area contributed by atoms with Crippen molar-refractivity contribution in [2.75, 3.05) is 40.5 Å². The van der Waals surface area contributed by atoms with Crippen LogP contribution in [-0.4, -0.2) is 62.5 Å². The van der Waals surface area contributed by atoms with Crippen molar-refractivity contribution in [1.29, 1.82) is 0 Å². The Balaban J connectivity index is 0.000000749. The summed E-state index contributed by atoms with van der Waals surface area (Å²) < 4.78 is 16.0. The lowest BCUT2D eigenvalue weighted by atomic mass is 9.74. The zero-order valence-electron chi connectivity index (χ0n) is 19.2. The summed E-state index contributed by atoms with van der Waals surface area (Å²) in [5.74, 6) is 1.50. The van der Waals surface area contributed by atoms with Crippen LogP contribution in [-0.2, 0) is 9.53 Å². The van der Waals surface area contributed by atoms with Gasteiger partial charge in [0.1, 0.15) is 6.61 Å². The molecule has 1 fully saturated rings. The number of likely N-dealkylation sites (tertiary alicyclic amines) is 1. The van der Waals surface area contributed by atoms with Crippen molar-refractivity contribution < 1.29 is 24.1 Å². The molecule has 0 spiro atoms. The van der Waals surface area contributed by atoms with Gasteiger partial charge < -0.3 is 24.2 Å². The highest BCUT2D eigenvalue weighted by Crippen LogP contribution is 2.46. The van der Waals surface area contributed by atoms with Crippen LogP contribution in [0.3, 0.4) is 0 Å². The third-order valence-corrected chi connectivity index (χ3v) is 5.62. The molecule has 29 heavy (non-hydrogen) atoms. The molecule has 0 saturated carbocycles. The van der Waals surface area contributed by atoms with Crippen LogP contribution in [0.25, 0.3) is 0 Å². The monoisotopic (exact) mass is 409 g/mol. The van der Waals surface area contributed by atoms with Crippen LogP contribution in [0.2, 0.25) is 0 Å². The van der Waals surface area contributed by atoms with Crippen molar-refractivity contribution in [3.8, 4) is 11.5 Å². The van der Waals surface area contributed by atoms with E-state index in [4.69, 9.17) is 14.2 Å². The minimum absolute atomic E-state index is 0.0125. The summed E-state index contributed by atoms with van der Waals surface area (Å²) in [6.45, 7) is 11.9. The number of amides is 1. The third kappa shape index (κ3) is 6.89. The van der Waals surface area contributed by atoms with Crippen LogP contribution in [0.4, 0.5) is 0 Å². The Morgan fingerprint density at radius 2 is 1.93 bits per heavy atom. The second kappa shape index (κ2) is 12.0. The first-order chi connectivity index (χ1) is 13.8. The number of ether oxygens (including phenoxy) is 3. The summed E-state index contributed by atoms with van der Waals surface area (Å²) >= 11 is 0. The highest BCUT2D eigenvalue weighted by Gasteiger charge is 2.44. The summed E-state index contributed by atoms with van der Waals surface area (Å²) in [6, 6.07) is 6.04. The van der Waals surface area contributed by atoms with Crippen LogP contribution in [0.5, 0.6) is 11.5 Å². The quantitative estimate of drug-likeness (QED) is 0.706. The predicted octanol–water partition coefficient (Wildman–Crippen LogP) is 3.86. The van der Waals surface area contributed by atoms with E-state index in [0.29, 0.717) is 25.8 Å². The maximum atomic E-state index is 11.9. The van der Waals surface area contributed by atoms with Gasteiger partial charge in [-0.25, -0.2) is 0 Å². The van der Waals surface area contributed by atoms with E-state index in [0.717, 1.165) is 29.9 Å². The van der Waals surface area contributed by atoms with Gasteiger partial charge in [0.2, 0.25) is 5.91 Å². The first kappa shape index (κ1) is 25.2. The Hall–Kier alpha value is -1.79. The maximum absolute atomic E-state index is 11.9. The molecule has 1 aliphatic heterocycles. The van der Waals surface area contributed by atoms with Crippen molar-refractivity contribution in [3.05, 3.63) is 23.8 Å². The summed E-state index contributed by atoms with van der Waals surface area (Å²) in [6.07, 6.45) is 2.28. The highest BCUT2D eigenvalue weighted by molar-refractivity contribution is 5.77. The first-order valence-electron chi connectivity index (χ1n) is 10.5. The number of carbonyl (C=O) groups is 1. The van der Waals surface area contributed by atoms with Crippen molar-refractivity contribution in [2.24, 2.45) is 5.41 Å². The molecule has 2 unspecified atom stereocenters. The fourth-order valence-electron chi connectivity index (χ4n) is 3.44. The lowest BCUT2D eigenvalue weighted by molar-refractivity contribution is -0.133. The molecule has 6 nitrogen and oxygen atoms in total. The molecule has 166 valence electrons. The van der Waals surface area contributed by atoms with Crippen LogP contribution in [0, 0.1) is 5.41 Å². The number of benzene rings is 1. The van der Waals surface area contributed by atoms with Gasteiger partial charge in [-0.1, -0.05) is 26.8 Å². The Kier molecular flexibility index (Phi) is 10.5. The fourth-order valence-corrected chi connectivity index (χ4v) is 3.44. The molecule has 2 atom stereocenters. The number of methoxy groups -OCH3 is 2. The first-order valence-corrected chi connectivity index (χ1v) is 10.5. The SMILES string of the molecule is CCCOc1cc(C2CN(C(=O)CO)CC2(C)CC)ccc1OC.COC(C)C. The number of hydrogen-bond acceptors (Lipinski definition) is 5. The van der Waals surface area contributed by atoms with Crippen molar-refractivity contribution in [2.45, 2.75) is 59.5 Å². The highest BCUT2D eigenvalue weighted by atomic mass is 16.5. The second-order valence-corrected chi connectivity index (χ2v) is 8.04. The van der Waals surface area contributed by atoms with E-state index in [-0.39, 0.29) is 17.2 Å². The number of hydrogen-bond donors (Lipinski definition) is 1. The van der Waals surface area contributed by atoms with Gasteiger partial charge in [0.05, 0.1) is 19.8 Å². The molecule has 0 aromatic heterocycles. The molecule has 1 aromatic carbocycles. The third-order valence-electron chi connectivity index (χ3n) is 5.62.